The van der Waals surface area contributed by atoms with E-state index in [2.05, 4.69) is 14.8 Å². The first kappa shape index (κ1) is 20.8. The number of halogens is 1. The second-order valence-electron chi connectivity index (χ2n) is 7.07. The molecule has 1 aliphatic carbocycles. The zero-order chi connectivity index (χ0) is 21.1. The summed E-state index contributed by atoms with van der Waals surface area (Å²) in [7, 11) is 1.60. The summed E-state index contributed by atoms with van der Waals surface area (Å²) in [6.07, 6.45) is 2.15. The molecule has 0 N–H and O–H groups in total. The smallest absolute Gasteiger partial charge is 0.192 e. The maximum Gasteiger partial charge on any atom is 0.192 e. The molecule has 3 aromatic rings. The van der Waals surface area contributed by atoms with Gasteiger partial charge in [0.15, 0.2) is 16.8 Å². The van der Waals surface area contributed by atoms with Crippen LogP contribution in [0.25, 0.3) is 0 Å². The van der Waals surface area contributed by atoms with Gasteiger partial charge in [-0.2, -0.15) is 0 Å². The van der Waals surface area contributed by atoms with E-state index in [0.717, 1.165) is 29.6 Å². The highest BCUT2D eigenvalue weighted by Gasteiger charge is 2.31. The summed E-state index contributed by atoms with van der Waals surface area (Å²) in [6.45, 7) is 2.16. The monoisotopic (exact) mass is 443 g/mol. The first-order chi connectivity index (χ1) is 14.6. The van der Waals surface area contributed by atoms with Gasteiger partial charge in [0.05, 0.1) is 17.4 Å². The second kappa shape index (κ2) is 9.10. The van der Waals surface area contributed by atoms with Crippen LogP contribution >= 0.6 is 23.4 Å². The zero-order valence-corrected chi connectivity index (χ0v) is 18.3. The first-order valence-electron chi connectivity index (χ1n) is 9.73. The molecule has 1 saturated carbocycles. The van der Waals surface area contributed by atoms with Crippen molar-refractivity contribution in [2.45, 2.75) is 42.8 Å². The quantitative estimate of drug-likeness (QED) is 0.334. The highest BCUT2D eigenvalue weighted by Crippen LogP contribution is 2.40. The molecule has 0 unspecified atom stereocenters. The maximum absolute atomic E-state index is 12.8. The molecule has 1 aliphatic rings. The van der Waals surface area contributed by atoms with Crippen LogP contribution in [0.2, 0.25) is 5.02 Å². The van der Waals surface area contributed by atoms with E-state index in [9.17, 15) is 4.79 Å². The van der Waals surface area contributed by atoms with Crippen molar-refractivity contribution < 1.29 is 14.3 Å². The van der Waals surface area contributed by atoms with Crippen LogP contribution in [-0.2, 0) is 6.61 Å². The highest BCUT2D eigenvalue weighted by molar-refractivity contribution is 8.00. The molecular weight excluding hydrogens is 422 g/mol. The molecular formula is C22H22ClN3O3S. The Hall–Kier alpha value is -2.51. The van der Waals surface area contributed by atoms with Crippen molar-refractivity contribution in [3.8, 4) is 11.5 Å². The fourth-order valence-electron chi connectivity index (χ4n) is 3.09. The van der Waals surface area contributed by atoms with E-state index in [1.165, 1.54) is 11.8 Å². The number of methoxy groups -OCH3 is 1. The summed E-state index contributed by atoms with van der Waals surface area (Å²) in [6, 6.07) is 14.9. The number of ether oxygens (including phenoxy) is 2. The minimum atomic E-state index is -0.294. The number of benzene rings is 2. The summed E-state index contributed by atoms with van der Waals surface area (Å²) >= 11 is 7.60. The van der Waals surface area contributed by atoms with Crippen LogP contribution in [0.15, 0.2) is 53.7 Å². The van der Waals surface area contributed by atoms with Crippen molar-refractivity contribution in [3.63, 3.8) is 0 Å². The molecule has 0 amide bonds. The average Bonchev–Trinajstić information content (AvgIpc) is 3.53. The Morgan fingerprint density at radius 2 is 1.93 bits per heavy atom. The molecule has 6 nitrogen and oxygen atoms in total. The highest BCUT2D eigenvalue weighted by atomic mass is 35.5. The third kappa shape index (κ3) is 4.63. The number of nitrogens with zero attached hydrogens (tertiary/aromatic N) is 3. The molecule has 30 heavy (non-hydrogen) atoms. The number of thioether (sulfide) groups is 1. The van der Waals surface area contributed by atoms with E-state index in [4.69, 9.17) is 21.1 Å². The number of rotatable bonds is 9. The number of ketones is 1. The summed E-state index contributed by atoms with van der Waals surface area (Å²) in [4.78, 5) is 12.8. The van der Waals surface area contributed by atoms with Gasteiger partial charge < -0.3 is 9.47 Å². The van der Waals surface area contributed by atoms with Gasteiger partial charge in [0.25, 0.3) is 0 Å². The topological polar surface area (TPSA) is 66.2 Å². The molecule has 0 radical (unpaired) electrons. The largest absolute Gasteiger partial charge is 0.497 e. The Bertz CT molecular complexity index is 1030. The fraction of sp³-hybridized carbons (Fsp3) is 0.318. The minimum Gasteiger partial charge on any atom is -0.497 e. The Morgan fingerprint density at radius 3 is 2.60 bits per heavy atom. The molecule has 1 aromatic heterocycles. The number of carbonyl (C=O) groups is 1. The van der Waals surface area contributed by atoms with Crippen molar-refractivity contribution in [1.29, 1.82) is 0 Å². The molecule has 1 heterocycles. The van der Waals surface area contributed by atoms with Crippen LogP contribution in [-0.4, -0.2) is 32.9 Å². The maximum atomic E-state index is 12.8. The Kier molecular flexibility index (Phi) is 6.29. The predicted octanol–water partition coefficient (Wildman–Crippen LogP) is 5.22. The van der Waals surface area contributed by atoms with Gasteiger partial charge in [-0.1, -0.05) is 35.5 Å². The molecule has 0 bridgehead atoms. The van der Waals surface area contributed by atoms with Crippen molar-refractivity contribution >= 4 is 29.1 Å². The van der Waals surface area contributed by atoms with E-state index >= 15 is 0 Å². The van der Waals surface area contributed by atoms with E-state index in [1.807, 2.05) is 25.1 Å². The number of hydrogen-bond donors (Lipinski definition) is 0. The lowest BCUT2D eigenvalue weighted by Crippen LogP contribution is -2.15. The number of para-hydroxylation sites is 1. The van der Waals surface area contributed by atoms with Crippen LogP contribution in [0.5, 0.6) is 11.5 Å². The fourth-order valence-corrected chi connectivity index (χ4v) is 4.30. The number of Topliss-reactive ketones (excluding diaryl/α,β-unsaturated/α-hetero) is 1. The number of aromatic nitrogens is 3. The molecule has 1 atom stereocenters. The molecule has 2 aromatic carbocycles. The second-order valence-corrected chi connectivity index (χ2v) is 8.79. The molecule has 8 heteroatoms. The summed E-state index contributed by atoms with van der Waals surface area (Å²) in [5.74, 6) is 2.12. The molecule has 0 spiro atoms. The van der Waals surface area contributed by atoms with Crippen LogP contribution < -0.4 is 9.47 Å². The van der Waals surface area contributed by atoms with Crippen molar-refractivity contribution in [1.82, 2.24) is 14.8 Å². The lowest BCUT2D eigenvalue weighted by Gasteiger charge is -2.13. The van der Waals surface area contributed by atoms with Gasteiger partial charge in [-0.05, 0) is 56.2 Å². The zero-order valence-electron chi connectivity index (χ0n) is 16.7. The molecule has 1 fully saturated rings. The van der Waals surface area contributed by atoms with Crippen molar-refractivity contribution in [2.24, 2.45) is 0 Å². The Labute approximate surface area is 184 Å². The first-order valence-corrected chi connectivity index (χ1v) is 11.0. The van der Waals surface area contributed by atoms with Gasteiger partial charge in [0.2, 0.25) is 0 Å². The molecule has 4 rings (SSSR count). The van der Waals surface area contributed by atoms with Crippen LogP contribution in [0, 0.1) is 0 Å². The third-order valence-corrected chi connectivity index (χ3v) is 6.24. The van der Waals surface area contributed by atoms with Crippen LogP contribution in [0.3, 0.4) is 0 Å². The van der Waals surface area contributed by atoms with E-state index in [1.54, 1.807) is 37.4 Å². The van der Waals surface area contributed by atoms with E-state index in [-0.39, 0.29) is 17.6 Å². The molecule has 156 valence electrons. The summed E-state index contributed by atoms with van der Waals surface area (Å²) < 4.78 is 13.1. The average molecular weight is 444 g/mol. The van der Waals surface area contributed by atoms with Crippen LogP contribution in [0.1, 0.15) is 42.0 Å². The third-order valence-electron chi connectivity index (χ3n) is 4.87. The Balaban J connectivity index is 1.47. The SMILES string of the molecule is COc1ccc(C(=O)[C@@H](C)Sc2nnc(COc3ccccc3Cl)n2C2CC2)cc1. The van der Waals surface area contributed by atoms with E-state index < -0.39 is 0 Å². The van der Waals surface area contributed by atoms with Crippen molar-refractivity contribution in [3.05, 3.63) is 64.9 Å². The van der Waals surface area contributed by atoms with Gasteiger partial charge in [0, 0.05) is 11.6 Å². The van der Waals surface area contributed by atoms with Gasteiger partial charge in [-0.25, -0.2) is 0 Å². The lowest BCUT2D eigenvalue weighted by molar-refractivity contribution is 0.0994. The molecule has 0 saturated heterocycles. The number of hydrogen-bond acceptors (Lipinski definition) is 6. The Morgan fingerprint density at radius 1 is 1.20 bits per heavy atom. The lowest BCUT2D eigenvalue weighted by atomic mass is 10.1. The number of carbonyl (C=O) groups excluding carboxylic acids is 1. The normalized spacial score (nSPS) is 14.4. The predicted molar refractivity (Wildman–Crippen MR) is 117 cm³/mol. The van der Waals surface area contributed by atoms with Gasteiger partial charge in [0.1, 0.15) is 18.1 Å². The summed E-state index contributed by atoms with van der Waals surface area (Å²) in [5, 5.41) is 9.68. The summed E-state index contributed by atoms with van der Waals surface area (Å²) in [5.41, 5.74) is 0.649. The molecule has 0 aliphatic heterocycles. The van der Waals surface area contributed by atoms with Crippen LogP contribution in [0.4, 0.5) is 0 Å². The minimum absolute atomic E-state index is 0.0434. The van der Waals surface area contributed by atoms with Crippen molar-refractivity contribution in [2.75, 3.05) is 7.11 Å². The van der Waals surface area contributed by atoms with Gasteiger partial charge >= 0.3 is 0 Å². The van der Waals surface area contributed by atoms with E-state index in [0.29, 0.717) is 22.4 Å². The van der Waals surface area contributed by atoms with Gasteiger partial charge in [-0.15, -0.1) is 10.2 Å². The van der Waals surface area contributed by atoms with Gasteiger partial charge in [-0.3, -0.25) is 9.36 Å². The standard InChI is InChI=1S/C22H22ClN3O3S/c1-14(21(27)15-7-11-17(28-2)12-8-15)30-22-25-24-20(26(22)16-9-10-16)13-29-19-6-4-3-5-18(19)23/h3-8,11-12,14,16H,9-10,13H2,1-2H3/t14-/m1/s1.